The fourth-order valence-corrected chi connectivity index (χ4v) is 1.21. The first-order chi connectivity index (χ1) is 7.65. The number of nitrogens with two attached hydrogens (primary N) is 1. The van der Waals surface area contributed by atoms with Crippen molar-refractivity contribution in [3.05, 3.63) is 42.0 Å². The Kier molecular flexibility index (Phi) is 2.68. The van der Waals surface area contributed by atoms with Gasteiger partial charge in [0.1, 0.15) is 17.4 Å². The molecule has 0 bridgehead atoms. The molecule has 0 spiro atoms. The lowest BCUT2D eigenvalue weighted by Gasteiger charge is -2.07. The van der Waals surface area contributed by atoms with E-state index in [-0.39, 0.29) is 17.5 Å². The molecule has 82 valence electrons. The molecule has 5 heteroatoms. The molecule has 2 N–H and O–H groups in total. The molecule has 1 heterocycles. The molecule has 4 nitrogen and oxygen atoms in total. The van der Waals surface area contributed by atoms with Crippen molar-refractivity contribution in [2.75, 3.05) is 5.73 Å². The van der Waals surface area contributed by atoms with E-state index in [1.807, 2.05) is 6.92 Å². The van der Waals surface area contributed by atoms with Crippen molar-refractivity contribution < 1.29 is 9.13 Å². The fraction of sp³-hybridized carbons (Fsp3) is 0.0909. The SMILES string of the molecule is Cc1ccc(F)cc1Oc1cncc(N)n1. The van der Waals surface area contributed by atoms with Gasteiger partial charge in [-0.05, 0) is 18.6 Å². The van der Waals surface area contributed by atoms with Gasteiger partial charge in [0.05, 0.1) is 12.4 Å². The van der Waals surface area contributed by atoms with E-state index in [1.165, 1.54) is 24.5 Å². The number of ether oxygens (including phenoxy) is 1. The monoisotopic (exact) mass is 219 g/mol. The maximum Gasteiger partial charge on any atom is 0.239 e. The molecule has 0 aliphatic heterocycles. The highest BCUT2D eigenvalue weighted by Crippen LogP contribution is 2.24. The minimum atomic E-state index is -0.363. The van der Waals surface area contributed by atoms with E-state index < -0.39 is 0 Å². The zero-order valence-electron chi connectivity index (χ0n) is 8.64. The van der Waals surface area contributed by atoms with Crippen LogP contribution >= 0.6 is 0 Å². The van der Waals surface area contributed by atoms with Crippen molar-refractivity contribution >= 4 is 5.82 Å². The summed E-state index contributed by atoms with van der Waals surface area (Å²) in [4.78, 5) is 7.74. The van der Waals surface area contributed by atoms with Gasteiger partial charge >= 0.3 is 0 Å². The summed E-state index contributed by atoms with van der Waals surface area (Å²) in [6.07, 6.45) is 2.83. The third-order valence-electron chi connectivity index (χ3n) is 2.00. The van der Waals surface area contributed by atoms with Gasteiger partial charge in [0.2, 0.25) is 5.88 Å². The molecule has 0 saturated heterocycles. The van der Waals surface area contributed by atoms with Crippen molar-refractivity contribution in [3.8, 4) is 11.6 Å². The molecule has 16 heavy (non-hydrogen) atoms. The normalized spacial score (nSPS) is 10.1. The number of hydrogen-bond donors (Lipinski definition) is 1. The van der Waals surface area contributed by atoms with Crippen LogP contribution in [-0.4, -0.2) is 9.97 Å². The van der Waals surface area contributed by atoms with E-state index in [0.29, 0.717) is 5.75 Å². The molecule has 0 fully saturated rings. The molecule has 0 atom stereocenters. The third kappa shape index (κ3) is 2.25. The Morgan fingerprint density at radius 1 is 1.31 bits per heavy atom. The van der Waals surface area contributed by atoms with Gasteiger partial charge < -0.3 is 10.5 Å². The number of aromatic nitrogens is 2. The summed E-state index contributed by atoms with van der Waals surface area (Å²) in [7, 11) is 0. The van der Waals surface area contributed by atoms with Crippen molar-refractivity contribution in [2.24, 2.45) is 0 Å². The van der Waals surface area contributed by atoms with Gasteiger partial charge in [0.25, 0.3) is 0 Å². The summed E-state index contributed by atoms with van der Waals surface area (Å²) in [5.41, 5.74) is 6.26. The van der Waals surface area contributed by atoms with Crippen LogP contribution in [0.4, 0.5) is 10.2 Å². The van der Waals surface area contributed by atoms with E-state index in [2.05, 4.69) is 9.97 Å². The van der Waals surface area contributed by atoms with E-state index in [9.17, 15) is 4.39 Å². The summed E-state index contributed by atoms with van der Waals surface area (Å²) in [5.74, 6) is 0.539. The Hall–Kier alpha value is -2.17. The van der Waals surface area contributed by atoms with Crippen LogP contribution in [0, 0.1) is 12.7 Å². The van der Waals surface area contributed by atoms with Crippen molar-refractivity contribution in [3.63, 3.8) is 0 Å². The number of benzene rings is 1. The number of nitrogen functional groups attached to an aromatic ring is 1. The maximum absolute atomic E-state index is 13.0. The zero-order chi connectivity index (χ0) is 11.5. The Bertz CT molecular complexity index is 516. The molecule has 2 rings (SSSR count). The lowest BCUT2D eigenvalue weighted by molar-refractivity contribution is 0.453. The van der Waals surface area contributed by atoms with Crippen LogP contribution in [0.5, 0.6) is 11.6 Å². The predicted molar refractivity (Wildman–Crippen MR) is 57.7 cm³/mol. The van der Waals surface area contributed by atoms with Gasteiger partial charge in [-0.3, -0.25) is 4.98 Å². The summed E-state index contributed by atoms with van der Waals surface area (Å²) >= 11 is 0. The molecular formula is C11H10FN3O. The second kappa shape index (κ2) is 4.14. The maximum atomic E-state index is 13.0. The standard InChI is InChI=1S/C11H10FN3O/c1-7-2-3-8(12)4-9(7)16-11-6-14-5-10(13)15-11/h2-6H,1H3,(H2,13,15). The average molecular weight is 219 g/mol. The fourth-order valence-electron chi connectivity index (χ4n) is 1.21. The van der Waals surface area contributed by atoms with Gasteiger partial charge in [0, 0.05) is 6.07 Å². The highest BCUT2D eigenvalue weighted by atomic mass is 19.1. The Morgan fingerprint density at radius 2 is 2.12 bits per heavy atom. The topological polar surface area (TPSA) is 61.0 Å². The minimum Gasteiger partial charge on any atom is -0.437 e. The van der Waals surface area contributed by atoms with Gasteiger partial charge in [-0.25, -0.2) is 4.39 Å². The van der Waals surface area contributed by atoms with Crippen LogP contribution in [0.25, 0.3) is 0 Å². The Balaban J connectivity index is 2.30. The highest BCUT2D eigenvalue weighted by Gasteiger charge is 2.04. The number of nitrogens with zero attached hydrogens (tertiary/aromatic N) is 2. The third-order valence-corrected chi connectivity index (χ3v) is 2.00. The van der Waals surface area contributed by atoms with Crippen LogP contribution in [-0.2, 0) is 0 Å². The molecule has 0 saturated carbocycles. The summed E-state index contributed by atoms with van der Waals surface area (Å²) in [6, 6.07) is 4.29. The minimum absolute atomic E-state index is 0.244. The molecule has 0 aliphatic carbocycles. The largest absolute Gasteiger partial charge is 0.437 e. The lowest BCUT2D eigenvalue weighted by atomic mass is 10.2. The van der Waals surface area contributed by atoms with E-state index in [1.54, 1.807) is 6.07 Å². The summed E-state index contributed by atoms with van der Waals surface area (Å²) in [5, 5.41) is 0. The van der Waals surface area contributed by atoms with Gasteiger partial charge in [-0.15, -0.1) is 0 Å². The van der Waals surface area contributed by atoms with Gasteiger partial charge in [0.15, 0.2) is 0 Å². The Labute approximate surface area is 91.9 Å². The number of hydrogen-bond acceptors (Lipinski definition) is 4. The first-order valence-corrected chi connectivity index (χ1v) is 4.66. The van der Waals surface area contributed by atoms with Crippen molar-refractivity contribution in [1.29, 1.82) is 0 Å². The molecule has 0 radical (unpaired) electrons. The number of aryl methyl sites for hydroxylation is 1. The predicted octanol–water partition coefficient (Wildman–Crippen LogP) is 2.30. The van der Waals surface area contributed by atoms with Gasteiger partial charge in [-0.2, -0.15) is 4.98 Å². The van der Waals surface area contributed by atoms with Crippen molar-refractivity contribution in [1.82, 2.24) is 9.97 Å². The van der Waals surface area contributed by atoms with Crippen LogP contribution in [0.2, 0.25) is 0 Å². The van der Waals surface area contributed by atoms with Gasteiger partial charge in [-0.1, -0.05) is 6.07 Å². The number of rotatable bonds is 2. The van der Waals surface area contributed by atoms with Crippen LogP contribution in [0.15, 0.2) is 30.6 Å². The number of anilines is 1. The molecule has 2 aromatic rings. The van der Waals surface area contributed by atoms with Crippen LogP contribution < -0.4 is 10.5 Å². The number of halogens is 1. The van der Waals surface area contributed by atoms with Crippen LogP contribution in [0.3, 0.4) is 0 Å². The second-order valence-electron chi connectivity index (χ2n) is 3.29. The molecule has 0 unspecified atom stereocenters. The zero-order valence-corrected chi connectivity index (χ0v) is 8.64. The first kappa shape index (κ1) is 10.4. The van der Waals surface area contributed by atoms with Crippen molar-refractivity contribution in [2.45, 2.75) is 6.92 Å². The summed E-state index contributed by atoms with van der Waals surface area (Å²) < 4.78 is 18.4. The highest BCUT2D eigenvalue weighted by molar-refractivity contribution is 5.36. The van der Waals surface area contributed by atoms with Crippen LogP contribution in [0.1, 0.15) is 5.56 Å². The van der Waals surface area contributed by atoms with E-state index in [0.717, 1.165) is 5.56 Å². The molecule has 1 aromatic carbocycles. The Morgan fingerprint density at radius 3 is 2.88 bits per heavy atom. The molecule has 1 aromatic heterocycles. The molecule has 0 aliphatic rings. The summed E-state index contributed by atoms with van der Waals surface area (Å²) in [6.45, 7) is 1.81. The first-order valence-electron chi connectivity index (χ1n) is 4.66. The molecular weight excluding hydrogens is 209 g/mol. The van der Waals surface area contributed by atoms with E-state index >= 15 is 0 Å². The van der Waals surface area contributed by atoms with E-state index in [4.69, 9.17) is 10.5 Å². The molecule has 0 amide bonds. The average Bonchev–Trinajstić information content (AvgIpc) is 2.24. The lowest BCUT2D eigenvalue weighted by Crippen LogP contribution is -1.96. The smallest absolute Gasteiger partial charge is 0.239 e. The quantitative estimate of drug-likeness (QED) is 0.841. The second-order valence-corrected chi connectivity index (χ2v) is 3.29.